The zero-order valence-electron chi connectivity index (χ0n) is 16.1. The Labute approximate surface area is 157 Å². The molecule has 2 N–H and O–H groups in total. The lowest BCUT2D eigenvalue weighted by Gasteiger charge is -2.30. The summed E-state index contributed by atoms with van der Waals surface area (Å²) in [5.74, 6) is 1.88. The highest BCUT2D eigenvalue weighted by molar-refractivity contribution is 5.39. The van der Waals surface area contributed by atoms with E-state index >= 15 is 0 Å². The van der Waals surface area contributed by atoms with E-state index in [1.54, 1.807) is 24.0 Å². The van der Waals surface area contributed by atoms with Gasteiger partial charge in [0.2, 0.25) is 0 Å². The third-order valence-electron chi connectivity index (χ3n) is 5.43. The number of rotatable bonds is 8. The summed E-state index contributed by atoms with van der Waals surface area (Å²) in [6.07, 6.45) is 2.47. The van der Waals surface area contributed by atoms with Gasteiger partial charge in [0.05, 0.1) is 26.3 Å². The van der Waals surface area contributed by atoms with Crippen molar-refractivity contribution in [3.63, 3.8) is 0 Å². The molecule has 0 aliphatic carbocycles. The van der Waals surface area contributed by atoms with Crippen molar-refractivity contribution in [2.24, 2.45) is 0 Å². The first-order valence-corrected chi connectivity index (χ1v) is 9.70. The molecule has 26 heavy (non-hydrogen) atoms. The molecule has 140 valence electrons. The van der Waals surface area contributed by atoms with E-state index in [1.165, 1.54) is 56.7 Å². The summed E-state index contributed by atoms with van der Waals surface area (Å²) in [6.45, 7) is 7.26. The van der Waals surface area contributed by atoms with Gasteiger partial charge in [0.15, 0.2) is 0 Å². The van der Waals surface area contributed by atoms with Crippen molar-refractivity contribution in [2.45, 2.75) is 19.4 Å². The Morgan fingerprint density at radius 1 is 0.846 bits per heavy atom. The van der Waals surface area contributed by atoms with Crippen LogP contribution in [0.2, 0.25) is 0 Å². The maximum absolute atomic E-state index is 5.53. The second kappa shape index (κ2) is 9.60. The molecule has 4 nitrogen and oxygen atoms in total. The largest absolute Gasteiger partial charge is 0.497 e. The molecule has 4 heteroatoms. The normalized spacial score (nSPS) is 19.9. The van der Waals surface area contributed by atoms with Crippen LogP contribution in [0, 0.1) is 0 Å². The van der Waals surface area contributed by atoms with Crippen molar-refractivity contribution < 1.29 is 19.3 Å². The van der Waals surface area contributed by atoms with E-state index in [9.17, 15) is 0 Å². The molecule has 0 saturated carbocycles. The second-order valence-electron chi connectivity index (χ2n) is 7.19. The molecule has 1 fully saturated rings. The first kappa shape index (κ1) is 18.7. The molecule has 0 amide bonds. The Bertz CT molecular complexity index is 667. The molecule has 0 spiro atoms. The Kier molecular flexibility index (Phi) is 6.92. The Morgan fingerprint density at radius 3 is 2.27 bits per heavy atom. The summed E-state index contributed by atoms with van der Waals surface area (Å²) in [6, 6.07) is 16.9. The average Bonchev–Trinajstić information content (AvgIpc) is 2.70. The number of ether oxygens (including phenoxy) is 2. The van der Waals surface area contributed by atoms with Gasteiger partial charge in [-0.3, -0.25) is 0 Å². The molecule has 2 aromatic carbocycles. The SMILES string of the molecule is COc1ccc(OC)c(C[NH+]2CC[NH+](CCCc3ccccc3)CC2)c1. The fourth-order valence-corrected chi connectivity index (χ4v) is 3.86. The van der Waals surface area contributed by atoms with Crippen molar-refractivity contribution in [1.82, 2.24) is 0 Å². The van der Waals surface area contributed by atoms with Crippen LogP contribution in [0.15, 0.2) is 48.5 Å². The van der Waals surface area contributed by atoms with Gasteiger partial charge in [-0.2, -0.15) is 0 Å². The van der Waals surface area contributed by atoms with Gasteiger partial charge in [-0.25, -0.2) is 0 Å². The Balaban J connectivity index is 1.44. The maximum Gasteiger partial charge on any atom is 0.127 e. The molecule has 2 aromatic rings. The van der Waals surface area contributed by atoms with Crippen LogP contribution in [-0.4, -0.2) is 46.9 Å². The number of piperazine rings is 1. The first-order chi connectivity index (χ1) is 12.8. The number of methoxy groups -OCH3 is 2. The fraction of sp³-hybridized carbons (Fsp3) is 0.455. The number of hydrogen-bond acceptors (Lipinski definition) is 2. The van der Waals surface area contributed by atoms with Crippen LogP contribution in [0.4, 0.5) is 0 Å². The van der Waals surface area contributed by atoms with E-state index in [4.69, 9.17) is 9.47 Å². The van der Waals surface area contributed by atoms with Crippen molar-refractivity contribution >= 4 is 0 Å². The summed E-state index contributed by atoms with van der Waals surface area (Å²) < 4.78 is 10.9. The van der Waals surface area contributed by atoms with E-state index < -0.39 is 0 Å². The quantitative estimate of drug-likeness (QED) is 0.726. The molecule has 0 unspecified atom stereocenters. The van der Waals surface area contributed by atoms with E-state index in [0.717, 1.165) is 18.0 Å². The highest BCUT2D eigenvalue weighted by Crippen LogP contribution is 2.23. The maximum atomic E-state index is 5.53. The van der Waals surface area contributed by atoms with Gasteiger partial charge >= 0.3 is 0 Å². The average molecular weight is 357 g/mol. The highest BCUT2D eigenvalue weighted by atomic mass is 16.5. The number of benzene rings is 2. The Morgan fingerprint density at radius 2 is 1.58 bits per heavy atom. The van der Waals surface area contributed by atoms with Gasteiger partial charge in [0.1, 0.15) is 44.2 Å². The van der Waals surface area contributed by atoms with E-state index in [0.29, 0.717) is 0 Å². The van der Waals surface area contributed by atoms with E-state index in [-0.39, 0.29) is 0 Å². The van der Waals surface area contributed by atoms with Crippen molar-refractivity contribution in [3.05, 3.63) is 59.7 Å². The molecular formula is C22H32N2O2+2. The highest BCUT2D eigenvalue weighted by Gasteiger charge is 2.23. The molecule has 0 radical (unpaired) electrons. The number of nitrogens with one attached hydrogen (secondary N) is 2. The van der Waals surface area contributed by atoms with Gasteiger partial charge in [-0.05, 0) is 30.2 Å². The topological polar surface area (TPSA) is 27.3 Å². The van der Waals surface area contributed by atoms with Crippen LogP contribution in [0.3, 0.4) is 0 Å². The van der Waals surface area contributed by atoms with Crippen LogP contribution in [0.25, 0.3) is 0 Å². The molecule has 0 aromatic heterocycles. The molecule has 1 saturated heterocycles. The third kappa shape index (κ3) is 5.23. The van der Waals surface area contributed by atoms with E-state index in [2.05, 4.69) is 36.4 Å². The predicted molar refractivity (Wildman–Crippen MR) is 104 cm³/mol. The number of aryl methyl sites for hydroxylation is 1. The summed E-state index contributed by atoms with van der Waals surface area (Å²) in [5, 5.41) is 0. The molecule has 3 rings (SSSR count). The molecule has 1 aliphatic rings. The third-order valence-corrected chi connectivity index (χ3v) is 5.43. The van der Waals surface area contributed by atoms with Crippen LogP contribution >= 0.6 is 0 Å². The lowest BCUT2D eigenvalue weighted by Crippen LogP contribution is -3.27. The van der Waals surface area contributed by atoms with Crippen LogP contribution in [0.5, 0.6) is 11.5 Å². The summed E-state index contributed by atoms with van der Waals surface area (Å²) in [4.78, 5) is 3.39. The number of hydrogen-bond donors (Lipinski definition) is 2. The minimum atomic E-state index is 0.908. The molecular weight excluding hydrogens is 324 g/mol. The fourth-order valence-electron chi connectivity index (χ4n) is 3.86. The molecule has 1 heterocycles. The molecule has 0 atom stereocenters. The van der Waals surface area contributed by atoms with Crippen LogP contribution in [0.1, 0.15) is 17.5 Å². The van der Waals surface area contributed by atoms with Gasteiger partial charge in [-0.1, -0.05) is 30.3 Å². The minimum Gasteiger partial charge on any atom is -0.497 e. The van der Waals surface area contributed by atoms with Crippen molar-refractivity contribution in [1.29, 1.82) is 0 Å². The van der Waals surface area contributed by atoms with Crippen molar-refractivity contribution in [2.75, 3.05) is 46.9 Å². The smallest absolute Gasteiger partial charge is 0.127 e. The lowest BCUT2D eigenvalue weighted by atomic mass is 10.1. The zero-order chi connectivity index (χ0) is 18.2. The zero-order valence-corrected chi connectivity index (χ0v) is 16.1. The predicted octanol–water partition coefficient (Wildman–Crippen LogP) is 0.620. The lowest BCUT2D eigenvalue weighted by molar-refractivity contribution is -1.02. The standard InChI is InChI=1S/C22H30N2O2/c1-25-21-10-11-22(26-2)20(17-21)18-24-15-13-23(14-16-24)12-6-9-19-7-4-3-5-8-19/h3-5,7-8,10-11,17H,6,9,12-16,18H2,1-2H3/p+2. The first-order valence-electron chi connectivity index (χ1n) is 9.70. The van der Waals surface area contributed by atoms with Gasteiger partial charge in [0.25, 0.3) is 0 Å². The van der Waals surface area contributed by atoms with Crippen molar-refractivity contribution in [3.8, 4) is 11.5 Å². The van der Waals surface area contributed by atoms with Crippen LogP contribution < -0.4 is 19.3 Å². The van der Waals surface area contributed by atoms with Gasteiger partial charge < -0.3 is 19.3 Å². The summed E-state index contributed by atoms with van der Waals surface area (Å²) >= 11 is 0. The summed E-state index contributed by atoms with van der Waals surface area (Å²) in [7, 11) is 3.46. The van der Waals surface area contributed by atoms with Crippen LogP contribution in [-0.2, 0) is 13.0 Å². The summed E-state index contributed by atoms with van der Waals surface area (Å²) in [5.41, 5.74) is 2.70. The molecule has 1 aliphatic heterocycles. The van der Waals surface area contributed by atoms with Gasteiger partial charge in [0, 0.05) is 6.42 Å². The van der Waals surface area contributed by atoms with E-state index in [1.807, 2.05) is 12.1 Å². The number of quaternary nitrogens is 2. The second-order valence-corrected chi connectivity index (χ2v) is 7.19. The minimum absolute atomic E-state index is 0.908. The molecule has 0 bridgehead atoms. The Hall–Kier alpha value is -2.04. The van der Waals surface area contributed by atoms with Gasteiger partial charge in [-0.15, -0.1) is 0 Å². The monoisotopic (exact) mass is 356 g/mol.